The predicted octanol–water partition coefficient (Wildman–Crippen LogP) is 6.57. The number of nitrogens with zero attached hydrogens (tertiary/aromatic N) is 5. The van der Waals surface area contributed by atoms with Crippen LogP contribution >= 0.6 is 0 Å². The highest BCUT2D eigenvalue weighted by Gasteiger charge is 2.35. The number of aromatic hydroxyl groups is 1. The third-order valence-electron chi connectivity index (χ3n) is 10.9. The van der Waals surface area contributed by atoms with Gasteiger partial charge in [0.15, 0.2) is 0 Å². The first kappa shape index (κ1) is 36.2. The first-order valence-electron chi connectivity index (χ1n) is 19.2. The standard InChI is InChI=1S/C45H46N6O4/c1-2-41(31-6-4-3-5-7-31)44(32-9-16-39(52)17-10-32)33-11-18-40(19-12-33)55-30-37-14-13-36(47-48-37)29-49-22-24-50(25-23-49)38-15-8-34-27-51(28-35(34)26-38)42-20-21-43(53)46-45(42)54/h3-19,26,42,52H,2,20-25,27-30H2,1H3,(H,46,53,54)/b44-41-. The lowest BCUT2D eigenvalue weighted by Gasteiger charge is -2.36. The van der Waals surface area contributed by atoms with Crippen LogP contribution in [0.2, 0.25) is 0 Å². The first-order chi connectivity index (χ1) is 26.9. The maximum atomic E-state index is 12.4. The Kier molecular flexibility index (Phi) is 10.7. The zero-order valence-electron chi connectivity index (χ0n) is 31.2. The van der Waals surface area contributed by atoms with Gasteiger partial charge in [-0.3, -0.25) is 24.7 Å². The van der Waals surface area contributed by atoms with Gasteiger partial charge in [0.2, 0.25) is 11.8 Å². The number of fused-ring (bicyclic) bond motifs is 1. The number of phenolic OH excluding ortho intramolecular Hbond substituents is 1. The van der Waals surface area contributed by atoms with Gasteiger partial charge in [-0.1, -0.05) is 67.6 Å². The van der Waals surface area contributed by atoms with Crippen molar-refractivity contribution in [2.75, 3.05) is 31.1 Å². The van der Waals surface area contributed by atoms with Crippen molar-refractivity contribution in [1.82, 2.24) is 25.3 Å². The molecule has 2 amide bonds. The molecule has 3 aliphatic heterocycles. The van der Waals surface area contributed by atoms with E-state index in [4.69, 9.17) is 4.74 Å². The molecule has 1 atom stereocenters. The summed E-state index contributed by atoms with van der Waals surface area (Å²) in [5, 5.41) is 21.5. The molecular weight excluding hydrogens is 689 g/mol. The van der Waals surface area contributed by atoms with Crippen molar-refractivity contribution in [2.45, 2.75) is 58.5 Å². The summed E-state index contributed by atoms with van der Waals surface area (Å²) in [6.45, 7) is 8.41. The first-order valence-corrected chi connectivity index (χ1v) is 19.2. The molecule has 10 heteroatoms. The third-order valence-corrected chi connectivity index (χ3v) is 10.9. The number of nitrogens with one attached hydrogen (secondary N) is 1. The van der Waals surface area contributed by atoms with Gasteiger partial charge < -0.3 is 14.7 Å². The van der Waals surface area contributed by atoms with E-state index >= 15 is 0 Å². The SMILES string of the molecule is CC/C(=C(\c1ccc(O)cc1)c1ccc(OCc2ccc(CN3CCN(c4ccc5c(c4)CN(C4CCC(=O)NC4=O)C5)CC3)nn2)cc1)c1ccccc1. The van der Waals surface area contributed by atoms with Crippen molar-refractivity contribution < 1.29 is 19.4 Å². The van der Waals surface area contributed by atoms with Crippen molar-refractivity contribution in [2.24, 2.45) is 0 Å². The third kappa shape index (κ3) is 8.30. The number of carbonyl (C=O) groups excluding carboxylic acids is 2. The number of ether oxygens (including phenoxy) is 1. The van der Waals surface area contributed by atoms with Crippen LogP contribution in [0.3, 0.4) is 0 Å². The average molecular weight is 735 g/mol. The summed E-state index contributed by atoms with van der Waals surface area (Å²) in [5.41, 5.74) is 11.1. The van der Waals surface area contributed by atoms with Crippen LogP contribution in [0, 0.1) is 0 Å². The molecule has 0 spiro atoms. The molecule has 0 radical (unpaired) electrons. The Balaban J connectivity index is 0.838. The Morgan fingerprint density at radius 1 is 0.782 bits per heavy atom. The summed E-state index contributed by atoms with van der Waals surface area (Å²) in [4.78, 5) is 31.1. The average Bonchev–Trinajstić information content (AvgIpc) is 3.64. The van der Waals surface area contributed by atoms with Crippen molar-refractivity contribution >= 4 is 28.6 Å². The molecule has 8 rings (SSSR count). The Bertz CT molecular complexity index is 2160. The zero-order chi connectivity index (χ0) is 37.7. The molecule has 1 unspecified atom stereocenters. The normalized spacial score (nSPS) is 18.1. The Labute approximate surface area is 322 Å². The number of amides is 2. The van der Waals surface area contributed by atoms with Crippen LogP contribution in [0.15, 0.2) is 109 Å². The van der Waals surface area contributed by atoms with Gasteiger partial charge in [0, 0.05) is 57.9 Å². The molecule has 0 bridgehead atoms. The topological polar surface area (TPSA) is 111 Å². The molecule has 2 N–H and O–H groups in total. The summed E-state index contributed by atoms with van der Waals surface area (Å²) in [6, 6.07) is 36.5. The summed E-state index contributed by atoms with van der Waals surface area (Å²) in [5.74, 6) is 0.656. The number of phenols is 1. The van der Waals surface area contributed by atoms with Crippen LogP contribution in [0.25, 0.3) is 11.1 Å². The van der Waals surface area contributed by atoms with Crippen LogP contribution in [-0.2, 0) is 35.8 Å². The Hall–Kier alpha value is -5.84. The fourth-order valence-corrected chi connectivity index (χ4v) is 7.98. The lowest BCUT2D eigenvalue weighted by molar-refractivity contribution is -0.137. The van der Waals surface area contributed by atoms with E-state index < -0.39 is 0 Å². The van der Waals surface area contributed by atoms with Crippen molar-refractivity contribution in [3.63, 3.8) is 0 Å². The fourth-order valence-electron chi connectivity index (χ4n) is 7.98. The Morgan fingerprint density at radius 2 is 1.47 bits per heavy atom. The minimum atomic E-state index is -0.241. The molecule has 2 saturated heterocycles. The summed E-state index contributed by atoms with van der Waals surface area (Å²) >= 11 is 0. The van der Waals surface area contributed by atoms with E-state index in [0.29, 0.717) is 19.4 Å². The van der Waals surface area contributed by atoms with E-state index in [-0.39, 0.29) is 23.6 Å². The van der Waals surface area contributed by atoms with Crippen LogP contribution in [-0.4, -0.2) is 69.1 Å². The minimum absolute atomic E-state index is 0.171. The number of aromatic nitrogens is 2. The second-order valence-corrected chi connectivity index (χ2v) is 14.5. The number of rotatable bonds is 11. The number of carbonyl (C=O) groups is 2. The molecular formula is C45H46N6O4. The molecule has 5 aromatic rings. The van der Waals surface area contributed by atoms with Crippen LogP contribution in [0.5, 0.6) is 11.5 Å². The summed E-state index contributed by atoms with van der Waals surface area (Å²) in [6.07, 6.45) is 1.84. The fraction of sp³-hybridized carbons (Fsp3) is 0.289. The number of benzene rings is 4. The number of allylic oxidation sites excluding steroid dienone is 1. The molecule has 4 aromatic carbocycles. The zero-order valence-corrected chi connectivity index (χ0v) is 31.2. The van der Waals surface area contributed by atoms with Gasteiger partial charge in [0.1, 0.15) is 23.8 Å². The number of hydrogen-bond donors (Lipinski definition) is 2. The van der Waals surface area contributed by atoms with Gasteiger partial charge in [-0.2, -0.15) is 10.2 Å². The van der Waals surface area contributed by atoms with E-state index in [0.717, 1.165) is 86.1 Å². The quantitative estimate of drug-likeness (QED) is 0.115. The largest absolute Gasteiger partial charge is 0.508 e. The molecule has 55 heavy (non-hydrogen) atoms. The second-order valence-electron chi connectivity index (χ2n) is 14.5. The van der Waals surface area contributed by atoms with Gasteiger partial charge in [-0.25, -0.2) is 0 Å². The van der Waals surface area contributed by atoms with Crippen LogP contribution in [0.1, 0.15) is 65.4 Å². The summed E-state index contributed by atoms with van der Waals surface area (Å²) < 4.78 is 6.14. The number of imide groups is 1. The van der Waals surface area contributed by atoms with Crippen molar-refractivity contribution in [3.05, 3.63) is 148 Å². The van der Waals surface area contributed by atoms with E-state index in [9.17, 15) is 14.7 Å². The van der Waals surface area contributed by atoms with E-state index in [1.165, 1.54) is 28.0 Å². The van der Waals surface area contributed by atoms with Gasteiger partial charge in [-0.05, 0) is 100 Å². The van der Waals surface area contributed by atoms with E-state index in [1.807, 2.05) is 42.5 Å². The molecule has 0 aliphatic carbocycles. The number of hydrogen-bond acceptors (Lipinski definition) is 9. The number of piperidine rings is 1. The lowest BCUT2D eigenvalue weighted by Crippen LogP contribution is -2.50. The van der Waals surface area contributed by atoms with Gasteiger partial charge in [0.25, 0.3) is 0 Å². The molecule has 2 fully saturated rings. The van der Waals surface area contributed by atoms with Crippen molar-refractivity contribution in [1.29, 1.82) is 0 Å². The molecule has 280 valence electrons. The molecule has 3 aliphatic rings. The molecule has 0 saturated carbocycles. The van der Waals surface area contributed by atoms with Gasteiger partial charge in [0.05, 0.1) is 11.7 Å². The minimum Gasteiger partial charge on any atom is -0.508 e. The number of piperazine rings is 1. The molecule has 4 heterocycles. The maximum Gasteiger partial charge on any atom is 0.243 e. The highest BCUT2D eigenvalue weighted by atomic mass is 16.5. The molecule has 10 nitrogen and oxygen atoms in total. The highest BCUT2D eigenvalue weighted by Crippen LogP contribution is 2.36. The van der Waals surface area contributed by atoms with Gasteiger partial charge in [-0.15, -0.1) is 0 Å². The van der Waals surface area contributed by atoms with E-state index in [1.54, 1.807) is 12.1 Å². The van der Waals surface area contributed by atoms with E-state index in [2.05, 4.69) is 91.7 Å². The van der Waals surface area contributed by atoms with Gasteiger partial charge >= 0.3 is 0 Å². The van der Waals surface area contributed by atoms with Crippen molar-refractivity contribution in [3.8, 4) is 11.5 Å². The smallest absolute Gasteiger partial charge is 0.243 e. The van der Waals surface area contributed by atoms with Crippen LogP contribution in [0.4, 0.5) is 5.69 Å². The number of anilines is 1. The second kappa shape index (κ2) is 16.3. The Morgan fingerprint density at radius 3 is 2.16 bits per heavy atom. The predicted molar refractivity (Wildman–Crippen MR) is 213 cm³/mol. The summed E-state index contributed by atoms with van der Waals surface area (Å²) in [7, 11) is 0. The van der Waals surface area contributed by atoms with Crippen LogP contribution < -0.4 is 15.0 Å². The maximum absolute atomic E-state index is 12.4. The monoisotopic (exact) mass is 734 g/mol. The molecule has 1 aromatic heterocycles. The lowest BCUT2D eigenvalue weighted by atomic mass is 9.88. The highest BCUT2D eigenvalue weighted by molar-refractivity contribution is 6.00.